The summed E-state index contributed by atoms with van der Waals surface area (Å²) in [6, 6.07) is 4.25. The van der Waals surface area contributed by atoms with Crippen LogP contribution >= 0.6 is 11.3 Å². The third-order valence-corrected chi connectivity index (χ3v) is 3.50. The van der Waals surface area contributed by atoms with Crippen LogP contribution < -0.4 is 0 Å². The predicted octanol–water partition coefficient (Wildman–Crippen LogP) is 2.57. The summed E-state index contributed by atoms with van der Waals surface area (Å²) in [6.07, 6.45) is 0.463. The number of carboxylic acids is 1. The molecule has 5 heteroatoms. The van der Waals surface area contributed by atoms with Crippen LogP contribution in [0.15, 0.2) is 11.4 Å². The highest BCUT2D eigenvalue weighted by molar-refractivity contribution is 7.12. The minimum absolute atomic E-state index is 0.296. The van der Waals surface area contributed by atoms with Gasteiger partial charge in [-0.05, 0) is 30.9 Å². The molecule has 1 heterocycles. The lowest BCUT2D eigenvalue weighted by molar-refractivity contribution is 0.0699. The van der Waals surface area contributed by atoms with Gasteiger partial charge in [0, 0.05) is 25.6 Å². The summed E-state index contributed by atoms with van der Waals surface area (Å²) >= 11 is 1.24. The number of nitriles is 1. The average Bonchev–Trinajstić information content (AvgIpc) is 2.71. The molecule has 1 rings (SSSR count). The molecule has 1 N–H and O–H groups in total. The molecule has 0 amide bonds. The van der Waals surface area contributed by atoms with Crippen molar-refractivity contribution in [1.82, 2.24) is 4.90 Å². The molecule has 0 aliphatic heterocycles. The highest BCUT2D eigenvalue weighted by Gasteiger charge is 2.16. The van der Waals surface area contributed by atoms with Gasteiger partial charge in [-0.1, -0.05) is 0 Å². The summed E-state index contributed by atoms with van der Waals surface area (Å²) < 4.78 is 0. The Kier molecular flexibility index (Phi) is 5.13. The Morgan fingerprint density at radius 2 is 2.35 bits per heavy atom. The Balaban J connectivity index is 2.75. The quantitative estimate of drug-likeness (QED) is 0.845. The standard InChI is InChI=1S/C12H16N2O2S/c1-9(2)14(6-3-5-13)8-10-4-7-17-11(10)12(15)16/h4,7,9H,3,6,8H2,1-2H3,(H,15,16). The van der Waals surface area contributed by atoms with Crippen LogP contribution in [0.1, 0.15) is 35.5 Å². The number of thiophene rings is 1. The molecular formula is C12H16N2O2S. The molecule has 0 radical (unpaired) electrons. The maximum atomic E-state index is 11.0. The van der Waals surface area contributed by atoms with E-state index in [2.05, 4.69) is 11.0 Å². The first-order valence-electron chi connectivity index (χ1n) is 5.47. The van der Waals surface area contributed by atoms with E-state index < -0.39 is 5.97 Å². The Hall–Kier alpha value is -1.38. The van der Waals surface area contributed by atoms with Crippen LogP contribution in [-0.2, 0) is 6.54 Å². The van der Waals surface area contributed by atoms with Gasteiger partial charge in [-0.3, -0.25) is 4.90 Å². The first kappa shape index (κ1) is 13.7. The minimum Gasteiger partial charge on any atom is -0.477 e. The monoisotopic (exact) mass is 252 g/mol. The molecule has 0 fully saturated rings. The van der Waals surface area contributed by atoms with Gasteiger partial charge in [-0.15, -0.1) is 11.3 Å². The second-order valence-corrected chi connectivity index (χ2v) is 4.97. The van der Waals surface area contributed by atoms with E-state index in [1.807, 2.05) is 19.9 Å². The van der Waals surface area contributed by atoms with Gasteiger partial charge in [0.15, 0.2) is 0 Å². The van der Waals surface area contributed by atoms with E-state index in [4.69, 9.17) is 10.4 Å². The molecule has 0 atom stereocenters. The van der Waals surface area contributed by atoms with Crippen LogP contribution in [0.3, 0.4) is 0 Å². The first-order chi connectivity index (χ1) is 8.06. The molecule has 0 saturated heterocycles. The highest BCUT2D eigenvalue weighted by atomic mass is 32.1. The number of rotatable bonds is 6. The number of carboxylic acid groups (broad SMARTS) is 1. The van der Waals surface area contributed by atoms with Crippen molar-refractivity contribution in [1.29, 1.82) is 5.26 Å². The molecular weight excluding hydrogens is 236 g/mol. The number of carbonyl (C=O) groups is 1. The maximum Gasteiger partial charge on any atom is 0.346 e. The zero-order valence-corrected chi connectivity index (χ0v) is 10.8. The van der Waals surface area contributed by atoms with Crippen molar-refractivity contribution in [2.45, 2.75) is 32.9 Å². The molecule has 4 nitrogen and oxygen atoms in total. The van der Waals surface area contributed by atoms with Gasteiger partial charge in [0.05, 0.1) is 6.07 Å². The van der Waals surface area contributed by atoms with Gasteiger partial charge >= 0.3 is 5.97 Å². The Morgan fingerprint density at radius 3 is 2.88 bits per heavy atom. The molecule has 17 heavy (non-hydrogen) atoms. The molecule has 0 aromatic carbocycles. The Morgan fingerprint density at radius 1 is 1.65 bits per heavy atom. The zero-order valence-electron chi connectivity index (χ0n) is 10.0. The van der Waals surface area contributed by atoms with E-state index in [1.165, 1.54) is 11.3 Å². The number of hydrogen-bond donors (Lipinski definition) is 1. The number of aromatic carboxylic acids is 1. The van der Waals surface area contributed by atoms with E-state index in [-0.39, 0.29) is 0 Å². The van der Waals surface area contributed by atoms with E-state index in [0.717, 1.165) is 5.56 Å². The van der Waals surface area contributed by atoms with E-state index in [0.29, 0.717) is 30.4 Å². The lowest BCUT2D eigenvalue weighted by Crippen LogP contribution is -2.31. The van der Waals surface area contributed by atoms with E-state index >= 15 is 0 Å². The van der Waals surface area contributed by atoms with Gasteiger partial charge < -0.3 is 5.11 Å². The maximum absolute atomic E-state index is 11.0. The van der Waals surface area contributed by atoms with Crippen molar-refractivity contribution in [3.8, 4) is 6.07 Å². The van der Waals surface area contributed by atoms with Gasteiger partial charge in [0.2, 0.25) is 0 Å². The summed E-state index contributed by atoms with van der Waals surface area (Å²) in [4.78, 5) is 13.5. The van der Waals surface area contributed by atoms with Crippen LogP contribution in [0.2, 0.25) is 0 Å². The van der Waals surface area contributed by atoms with E-state index in [9.17, 15) is 4.79 Å². The first-order valence-corrected chi connectivity index (χ1v) is 6.35. The zero-order chi connectivity index (χ0) is 12.8. The van der Waals surface area contributed by atoms with Crippen molar-refractivity contribution in [2.75, 3.05) is 6.54 Å². The Labute approximate surface area is 105 Å². The second kappa shape index (κ2) is 6.38. The number of nitrogens with zero attached hydrogens (tertiary/aromatic N) is 2. The lowest BCUT2D eigenvalue weighted by atomic mass is 10.2. The fourth-order valence-corrected chi connectivity index (χ4v) is 2.33. The molecule has 0 aliphatic rings. The molecule has 0 unspecified atom stereocenters. The third kappa shape index (κ3) is 3.84. The van der Waals surface area contributed by atoms with Crippen molar-refractivity contribution in [3.63, 3.8) is 0 Å². The van der Waals surface area contributed by atoms with Gasteiger partial charge in [-0.25, -0.2) is 4.79 Å². The minimum atomic E-state index is -0.876. The van der Waals surface area contributed by atoms with Crippen LogP contribution in [0.4, 0.5) is 0 Å². The highest BCUT2D eigenvalue weighted by Crippen LogP contribution is 2.19. The number of hydrogen-bond acceptors (Lipinski definition) is 4. The molecule has 1 aromatic heterocycles. The summed E-state index contributed by atoms with van der Waals surface area (Å²) in [6.45, 7) is 5.35. The molecule has 1 aromatic rings. The normalized spacial score (nSPS) is 10.8. The second-order valence-electron chi connectivity index (χ2n) is 4.05. The van der Waals surface area contributed by atoms with Crippen molar-refractivity contribution >= 4 is 17.3 Å². The largest absolute Gasteiger partial charge is 0.477 e. The molecule has 0 spiro atoms. The molecule has 92 valence electrons. The van der Waals surface area contributed by atoms with Crippen molar-refractivity contribution in [2.24, 2.45) is 0 Å². The lowest BCUT2D eigenvalue weighted by Gasteiger charge is -2.25. The van der Waals surface area contributed by atoms with Crippen molar-refractivity contribution in [3.05, 3.63) is 21.9 Å². The van der Waals surface area contributed by atoms with Crippen LogP contribution in [-0.4, -0.2) is 28.6 Å². The third-order valence-electron chi connectivity index (χ3n) is 2.56. The summed E-state index contributed by atoms with van der Waals surface area (Å²) in [7, 11) is 0. The van der Waals surface area contributed by atoms with Crippen molar-refractivity contribution < 1.29 is 9.90 Å². The van der Waals surface area contributed by atoms with Gasteiger partial charge in [-0.2, -0.15) is 5.26 Å². The smallest absolute Gasteiger partial charge is 0.346 e. The van der Waals surface area contributed by atoms with Gasteiger partial charge in [0.25, 0.3) is 0 Å². The topological polar surface area (TPSA) is 64.3 Å². The van der Waals surface area contributed by atoms with E-state index in [1.54, 1.807) is 5.38 Å². The molecule has 0 saturated carbocycles. The predicted molar refractivity (Wildman–Crippen MR) is 67.1 cm³/mol. The fourth-order valence-electron chi connectivity index (χ4n) is 1.58. The fraction of sp³-hybridized carbons (Fsp3) is 0.500. The Bertz CT molecular complexity index is 420. The summed E-state index contributed by atoms with van der Waals surface area (Å²) in [5.74, 6) is -0.876. The summed E-state index contributed by atoms with van der Waals surface area (Å²) in [5, 5.41) is 19.4. The molecule has 0 aliphatic carbocycles. The summed E-state index contributed by atoms with van der Waals surface area (Å²) in [5.41, 5.74) is 0.828. The van der Waals surface area contributed by atoms with Crippen LogP contribution in [0.25, 0.3) is 0 Å². The average molecular weight is 252 g/mol. The molecule has 0 bridgehead atoms. The SMILES string of the molecule is CC(C)N(CCC#N)Cc1ccsc1C(=O)O. The van der Waals surface area contributed by atoms with Crippen LogP contribution in [0, 0.1) is 11.3 Å². The van der Waals surface area contributed by atoms with Gasteiger partial charge in [0.1, 0.15) is 4.88 Å². The van der Waals surface area contributed by atoms with Crippen LogP contribution in [0.5, 0.6) is 0 Å².